The van der Waals surface area contributed by atoms with Gasteiger partial charge in [0.05, 0.1) is 0 Å². The van der Waals surface area contributed by atoms with E-state index in [0.717, 1.165) is 6.54 Å². The van der Waals surface area contributed by atoms with Crippen LogP contribution in [0.2, 0.25) is 0 Å². The fourth-order valence-corrected chi connectivity index (χ4v) is 3.23. The molecule has 0 aromatic heterocycles. The van der Waals surface area contributed by atoms with E-state index in [1.807, 2.05) is 0 Å². The summed E-state index contributed by atoms with van der Waals surface area (Å²) in [6.07, 6.45) is 7.28. The minimum absolute atomic E-state index is 0.598. The van der Waals surface area contributed by atoms with Gasteiger partial charge in [0, 0.05) is 19.6 Å². The van der Waals surface area contributed by atoms with E-state index in [2.05, 4.69) is 52.7 Å². The highest BCUT2D eigenvalue weighted by Crippen LogP contribution is 2.35. The van der Waals surface area contributed by atoms with E-state index in [4.69, 9.17) is 0 Å². The first-order chi connectivity index (χ1) is 8.86. The number of benzene rings is 1. The smallest absolute Gasteiger partial charge is 0.0166 e. The van der Waals surface area contributed by atoms with Crippen LogP contribution in [0.4, 0.5) is 0 Å². The van der Waals surface area contributed by atoms with Gasteiger partial charge in [-0.25, -0.2) is 0 Å². The van der Waals surface area contributed by atoms with Crippen LogP contribution in [0.5, 0.6) is 0 Å². The lowest BCUT2D eigenvalue weighted by Gasteiger charge is -2.22. The third kappa shape index (κ3) is 2.65. The van der Waals surface area contributed by atoms with Gasteiger partial charge in [-0.1, -0.05) is 42.5 Å². The molecule has 2 saturated heterocycles. The van der Waals surface area contributed by atoms with Crippen LogP contribution in [0, 0.1) is 5.41 Å². The number of likely N-dealkylation sites (tertiary alicyclic amines) is 1. The van der Waals surface area contributed by atoms with Crippen molar-refractivity contribution < 1.29 is 0 Å². The number of rotatable bonds is 3. The molecule has 0 aliphatic carbocycles. The molecule has 18 heavy (non-hydrogen) atoms. The molecule has 1 unspecified atom stereocenters. The Kier molecular flexibility index (Phi) is 3.48. The van der Waals surface area contributed by atoms with Crippen LogP contribution in [0.3, 0.4) is 0 Å². The molecule has 2 heteroatoms. The third-order valence-corrected chi connectivity index (χ3v) is 4.32. The predicted octanol–water partition coefficient (Wildman–Crippen LogP) is 2.39. The van der Waals surface area contributed by atoms with Gasteiger partial charge in [-0.15, -0.1) is 0 Å². The maximum Gasteiger partial charge on any atom is 0.0166 e. The molecule has 3 rings (SSSR count). The van der Waals surface area contributed by atoms with Crippen molar-refractivity contribution in [2.75, 3.05) is 32.7 Å². The van der Waals surface area contributed by atoms with Crippen molar-refractivity contribution in [2.45, 2.75) is 12.8 Å². The van der Waals surface area contributed by atoms with Crippen molar-refractivity contribution in [3.63, 3.8) is 0 Å². The Morgan fingerprint density at radius 2 is 2.11 bits per heavy atom. The average Bonchev–Trinajstić information content (AvgIpc) is 3.02. The Bertz CT molecular complexity index is 404. The maximum absolute atomic E-state index is 3.51. The van der Waals surface area contributed by atoms with Gasteiger partial charge in [-0.3, -0.25) is 4.90 Å². The lowest BCUT2D eigenvalue weighted by molar-refractivity contribution is 0.293. The Morgan fingerprint density at radius 3 is 2.89 bits per heavy atom. The summed E-state index contributed by atoms with van der Waals surface area (Å²) in [6.45, 7) is 6.08. The van der Waals surface area contributed by atoms with Crippen molar-refractivity contribution >= 4 is 6.08 Å². The van der Waals surface area contributed by atoms with E-state index in [0.29, 0.717) is 5.41 Å². The van der Waals surface area contributed by atoms with Crippen LogP contribution in [0.1, 0.15) is 18.4 Å². The lowest BCUT2D eigenvalue weighted by Crippen LogP contribution is -2.29. The quantitative estimate of drug-likeness (QED) is 0.875. The summed E-state index contributed by atoms with van der Waals surface area (Å²) in [5.74, 6) is 0. The molecule has 2 aliphatic rings. The second-order valence-corrected chi connectivity index (χ2v) is 5.72. The van der Waals surface area contributed by atoms with Crippen LogP contribution in [0.25, 0.3) is 6.08 Å². The van der Waals surface area contributed by atoms with Gasteiger partial charge >= 0.3 is 0 Å². The second-order valence-electron chi connectivity index (χ2n) is 5.72. The highest BCUT2D eigenvalue weighted by molar-refractivity contribution is 5.48. The van der Waals surface area contributed by atoms with Crippen LogP contribution >= 0.6 is 0 Å². The van der Waals surface area contributed by atoms with Gasteiger partial charge < -0.3 is 5.32 Å². The average molecular weight is 242 g/mol. The number of nitrogens with zero attached hydrogens (tertiary/aromatic N) is 1. The molecule has 96 valence electrons. The summed E-state index contributed by atoms with van der Waals surface area (Å²) >= 11 is 0. The number of hydrogen-bond acceptors (Lipinski definition) is 2. The minimum atomic E-state index is 0.598. The van der Waals surface area contributed by atoms with E-state index >= 15 is 0 Å². The van der Waals surface area contributed by atoms with E-state index in [-0.39, 0.29) is 0 Å². The topological polar surface area (TPSA) is 15.3 Å². The fraction of sp³-hybridized carbons (Fsp3) is 0.500. The van der Waals surface area contributed by atoms with Crippen molar-refractivity contribution in [1.29, 1.82) is 0 Å². The Morgan fingerprint density at radius 1 is 1.22 bits per heavy atom. The first-order valence-electron chi connectivity index (χ1n) is 7.01. The van der Waals surface area contributed by atoms with Crippen molar-refractivity contribution in [2.24, 2.45) is 5.41 Å². The minimum Gasteiger partial charge on any atom is -0.316 e. The predicted molar refractivity (Wildman–Crippen MR) is 76.5 cm³/mol. The first kappa shape index (κ1) is 11.9. The zero-order valence-corrected chi connectivity index (χ0v) is 10.9. The zero-order valence-electron chi connectivity index (χ0n) is 10.9. The molecule has 1 atom stereocenters. The first-order valence-corrected chi connectivity index (χ1v) is 7.01. The third-order valence-electron chi connectivity index (χ3n) is 4.32. The van der Waals surface area contributed by atoms with Crippen LogP contribution in [-0.4, -0.2) is 37.6 Å². The van der Waals surface area contributed by atoms with E-state index in [1.54, 1.807) is 0 Å². The fourth-order valence-electron chi connectivity index (χ4n) is 3.23. The normalized spacial score (nSPS) is 28.7. The molecule has 1 aromatic carbocycles. The van der Waals surface area contributed by atoms with Crippen molar-refractivity contribution in [3.8, 4) is 0 Å². The summed E-state index contributed by atoms with van der Waals surface area (Å²) in [5, 5.41) is 3.51. The molecule has 2 heterocycles. The van der Waals surface area contributed by atoms with E-state index < -0.39 is 0 Å². The summed E-state index contributed by atoms with van der Waals surface area (Å²) in [7, 11) is 0. The van der Waals surface area contributed by atoms with Crippen molar-refractivity contribution in [1.82, 2.24) is 10.2 Å². The van der Waals surface area contributed by atoms with Gasteiger partial charge in [0.15, 0.2) is 0 Å². The molecule has 0 amide bonds. The summed E-state index contributed by atoms with van der Waals surface area (Å²) in [4.78, 5) is 2.59. The van der Waals surface area contributed by atoms with Gasteiger partial charge in [0.1, 0.15) is 0 Å². The SMILES string of the molecule is C(=C\c1ccccc1)/CN1CCC2(CCNC2)C1. The second kappa shape index (κ2) is 5.25. The Labute approximate surface area is 110 Å². The molecule has 1 N–H and O–H groups in total. The Hall–Kier alpha value is -1.12. The number of hydrogen-bond donors (Lipinski definition) is 1. The van der Waals surface area contributed by atoms with Gasteiger partial charge in [-0.2, -0.15) is 0 Å². The van der Waals surface area contributed by atoms with Gasteiger partial charge in [-0.05, 0) is 36.9 Å². The largest absolute Gasteiger partial charge is 0.316 e. The molecule has 0 radical (unpaired) electrons. The standard InChI is InChI=1S/C16H22N2/c1-2-5-15(6-3-1)7-4-11-18-12-9-16(14-18)8-10-17-13-16/h1-7,17H,8-14H2/b7-4+. The highest BCUT2D eigenvalue weighted by Gasteiger charge is 2.39. The lowest BCUT2D eigenvalue weighted by atomic mass is 9.87. The molecule has 1 aromatic rings. The van der Waals surface area contributed by atoms with E-state index in [9.17, 15) is 0 Å². The number of nitrogens with one attached hydrogen (secondary N) is 1. The van der Waals surface area contributed by atoms with Crippen LogP contribution < -0.4 is 5.32 Å². The van der Waals surface area contributed by atoms with E-state index in [1.165, 1.54) is 44.6 Å². The maximum atomic E-state index is 3.51. The monoisotopic (exact) mass is 242 g/mol. The van der Waals surface area contributed by atoms with Gasteiger partial charge in [0.2, 0.25) is 0 Å². The zero-order chi connectivity index (χ0) is 12.3. The summed E-state index contributed by atoms with van der Waals surface area (Å²) in [5.41, 5.74) is 1.90. The summed E-state index contributed by atoms with van der Waals surface area (Å²) < 4.78 is 0. The van der Waals surface area contributed by atoms with Crippen LogP contribution in [0.15, 0.2) is 36.4 Å². The van der Waals surface area contributed by atoms with Crippen LogP contribution in [-0.2, 0) is 0 Å². The molecular weight excluding hydrogens is 220 g/mol. The summed E-state index contributed by atoms with van der Waals surface area (Å²) in [6, 6.07) is 10.6. The molecular formula is C16H22N2. The molecule has 2 nitrogen and oxygen atoms in total. The molecule has 1 spiro atoms. The molecule has 0 saturated carbocycles. The van der Waals surface area contributed by atoms with Crippen molar-refractivity contribution in [3.05, 3.63) is 42.0 Å². The van der Waals surface area contributed by atoms with Gasteiger partial charge in [0.25, 0.3) is 0 Å². The molecule has 2 aliphatic heterocycles. The highest BCUT2D eigenvalue weighted by atomic mass is 15.2. The molecule has 0 bridgehead atoms. The molecule has 2 fully saturated rings. The Balaban J connectivity index is 1.51.